The van der Waals surface area contributed by atoms with Gasteiger partial charge in [-0.05, 0) is 49.7 Å². The number of fused-ring (bicyclic) bond motifs is 3. The molecular weight excluding hydrogens is 388 g/mol. The number of hydrogen-bond acceptors (Lipinski definition) is 3. The van der Waals surface area contributed by atoms with Crippen LogP contribution in [0.4, 0.5) is 0 Å². The summed E-state index contributed by atoms with van der Waals surface area (Å²) in [6.45, 7) is 11.7. The normalized spacial score (nSPS) is 28.8. The third-order valence-corrected chi connectivity index (χ3v) is 7.60. The van der Waals surface area contributed by atoms with Crippen LogP contribution >= 0.6 is 0 Å². The van der Waals surface area contributed by atoms with Crippen molar-refractivity contribution in [3.05, 3.63) is 30.1 Å². The van der Waals surface area contributed by atoms with Gasteiger partial charge < -0.3 is 14.8 Å². The number of hydrogen-bond donors (Lipinski definition) is 1. The van der Waals surface area contributed by atoms with Gasteiger partial charge in [-0.3, -0.25) is 9.59 Å². The second-order valence-electron chi connectivity index (χ2n) is 10.3. The molecule has 1 N–H and O–H groups in total. The highest BCUT2D eigenvalue weighted by Gasteiger charge is 2.49. The second kappa shape index (κ2) is 8.29. The Kier molecular flexibility index (Phi) is 5.84. The van der Waals surface area contributed by atoms with Gasteiger partial charge in [0.25, 0.3) is 5.91 Å². The van der Waals surface area contributed by atoms with Crippen LogP contribution < -0.4 is 5.32 Å². The van der Waals surface area contributed by atoms with Crippen LogP contribution in [0, 0.1) is 17.8 Å². The summed E-state index contributed by atoms with van der Waals surface area (Å²) >= 11 is 0. The molecule has 0 radical (unpaired) electrons. The fourth-order valence-corrected chi connectivity index (χ4v) is 5.18. The first-order valence-electron chi connectivity index (χ1n) is 11.8. The van der Waals surface area contributed by atoms with Gasteiger partial charge in [-0.25, -0.2) is 4.98 Å². The number of aromatic nitrogens is 2. The minimum absolute atomic E-state index is 0.0426. The van der Waals surface area contributed by atoms with E-state index in [1.54, 1.807) is 4.90 Å². The van der Waals surface area contributed by atoms with Gasteiger partial charge in [-0.2, -0.15) is 0 Å². The molecule has 0 spiro atoms. The molecule has 4 atom stereocenters. The molecule has 2 aliphatic rings. The zero-order valence-electron chi connectivity index (χ0n) is 19.5. The summed E-state index contributed by atoms with van der Waals surface area (Å²) in [5, 5.41) is 3.35. The first kappa shape index (κ1) is 21.8. The van der Waals surface area contributed by atoms with E-state index in [1.807, 2.05) is 35.8 Å². The summed E-state index contributed by atoms with van der Waals surface area (Å²) in [6.07, 6.45) is 4.21. The predicted octanol–water partition coefficient (Wildman–Crippen LogP) is 4.24. The Hall–Kier alpha value is -2.37. The Labute approximate surface area is 185 Å². The van der Waals surface area contributed by atoms with E-state index in [2.05, 4.69) is 38.0 Å². The number of rotatable bonds is 5. The number of nitrogens with zero attached hydrogens (tertiary/aromatic N) is 3. The zero-order chi connectivity index (χ0) is 22.3. The first-order chi connectivity index (χ1) is 14.7. The summed E-state index contributed by atoms with van der Waals surface area (Å²) < 4.78 is 1.94. The van der Waals surface area contributed by atoms with E-state index in [4.69, 9.17) is 0 Å². The fraction of sp³-hybridized carbons (Fsp3) is 0.640. The van der Waals surface area contributed by atoms with Crippen molar-refractivity contribution in [3.8, 4) is 0 Å². The van der Waals surface area contributed by atoms with Crippen molar-refractivity contribution in [1.82, 2.24) is 19.8 Å². The summed E-state index contributed by atoms with van der Waals surface area (Å²) in [5.41, 5.74) is 0.769. The lowest BCUT2D eigenvalue weighted by molar-refractivity contribution is -0.134. The second-order valence-corrected chi connectivity index (χ2v) is 10.3. The van der Waals surface area contributed by atoms with Gasteiger partial charge in [0.2, 0.25) is 5.91 Å². The van der Waals surface area contributed by atoms with Gasteiger partial charge in [0.05, 0.1) is 17.6 Å². The van der Waals surface area contributed by atoms with Crippen molar-refractivity contribution in [2.75, 3.05) is 6.54 Å². The largest absolute Gasteiger partial charge is 0.351 e. The molecule has 0 saturated heterocycles. The number of carbonyl (C=O) groups is 2. The molecule has 168 valence electrons. The maximum absolute atomic E-state index is 13.8. The maximum Gasteiger partial charge on any atom is 0.290 e. The van der Waals surface area contributed by atoms with Crippen LogP contribution in [-0.2, 0) is 11.3 Å². The van der Waals surface area contributed by atoms with E-state index in [1.165, 1.54) is 6.42 Å². The van der Waals surface area contributed by atoms with Crippen LogP contribution in [0.25, 0.3) is 11.0 Å². The lowest BCUT2D eigenvalue weighted by Gasteiger charge is -2.45. The lowest BCUT2D eigenvalue weighted by Crippen LogP contribution is -2.65. The molecule has 6 heteroatoms. The zero-order valence-corrected chi connectivity index (χ0v) is 19.5. The molecular formula is C25H36N4O2. The molecule has 2 heterocycles. The minimum atomic E-state index is -0.942. The van der Waals surface area contributed by atoms with Gasteiger partial charge in [0, 0.05) is 12.6 Å². The molecule has 1 aromatic heterocycles. The molecule has 1 aliphatic heterocycles. The molecule has 1 aromatic carbocycles. The Balaban J connectivity index is 1.69. The highest BCUT2D eigenvalue weighted by molar-refractivity contribution is 6.01. The molecule has 1 fully saturated rings. The molecule has 1 saturated carbocycles. The molecule has 2 aromatic rings. The van der Waals surface area contributed by atoms with Crippen LogP contribution in [-0.4, -0.2) is 44.4 Å². The number of imidazole rings is 1. The number of para-hydroxylation sites is 2. The van der Waals surface area contributed by atoms with Crippen LogP contribution in [0.5, 0.6) is 0 Å². The Morgan fingerprint density at radius 3 is 2.74 bits per heavy atom. The predicted molar refractivity (Wildman–Crippen MR) is 123 cm³/mol. The third kappa shape index (κ3) is 3.85. The number of nitrogens with one attached hydrogen (secondary N) is 1. The Morgan fingerprint density at radius 1 is 1.26 bits per heavy atom. The molecule has 4 rings (SSSR count). The van der Waals surface area contributed by atoms with Gasteiger partial charge >= 0.3 is 0 Å². The van der Waals surface area contributed by atoms with Crippen LogP contribution in [0.1, 0.15) is 70.9 Å². The van der Waals surface area contributed by atoms with Gasteiger partial charge in [0.15, 0.2) is 5.82 Å². The van der Waals surface area contributed by atoms with E-state index < -0.39 is 5.54 Å². The van der Waals surface area contributed by atoms with Gasteiger partial charge in [-0.15, -0.1) is 0 Å². The molecule has 0 bridgehead atoms. The molecule has 31 heavy (non-hydrogen) atoms. The summed E-state index contributed by atoms with van der Waals surface area (Å²) in [6, 6.07) is 7.95. The van der Waals surface area contributed by atoms with Gasteiger partial charge in [0.1, 0.15) is 5.54 Å². The minimum Gasteiger partial charge on any atom is -0.351 e. The number of amides is 2. The quantitative estimate of drug-likeness (QED) is 0.781. The van der Waals surface area contributed by atoms with Crippen molar-refractivity contribution in [2.45, 2.75) is 78.4 Å². The molecule has 6 nitrogen and oxygen atoms in total. The fourth-order valence-electron chi connectivity index (χ4n) is 5.18. The van der Waals surface area contributed by atoms with Crippen LogP contribution in [0.2, 0.25) is 0 Å². The third-order valence-electron chi connectivity index (χ3n) is 7.60. The lowest BCUT2D eigenvalue weighted by atomic mass is 9.77. The van der Waals surface area contributed by atoms with Crippen LogP contribution in [0.15, 0.2) is 24.3 Å². The van der Waals surface area contributed by atoms with Crippen molar-refractivity contribution in [3.63, 3.8) is 0 Å². The van der Waals surface area contributed by atoms with Crippen molar-refractivity contribution < 1.29 is 9.59 Å². The van der Waals surface area contributed by atoms with Crippen molar-refractivity contribution in [1.29, 1.82) is 0 Å². The van der Waals surface area contributed by atoms with E-state index in [9.17, 15) is 9.59 Å². The SMILES string of the molecule is CC(C)CCN1C(=O)c2nc3ccccc3n2C[C@]1(C)C(=O)N[C@@H]1CCC[C@@H](C)[C@H]1C. The van der Waals surface area contributed by atoms with Crippen molar-refractivity contribution in [2.24, 2.45) is 17.8 Å². The standard InChI is InChI=1S/C25H36N4O2/c1-16(2)13-14-29-23(30)22-26-20-10-6-7-12-21(20)28(22)15-25(29,5)24(31)27-19-11-8-9-17(3)18(19)4/h6-7,10,12,16-19H,8-9,11,13-15H2,1-5H3,(H,27,31)/t17-,18-,19-,25-/m1/s1. The summed E-state index contributed by atoms with van der Waals surface area (Å²) in [7, 11) is 0. The highest BCUT2D eigenvalue weighted by atomic mass is 16.2. The Bertz CT molecular complexity index is 981. The smallest absolute Gasteiger partial charge is 0.290 e. The first-order valence-corrected chi connectivity index (χ1v) is 11.8. The van der Waals surface area contributed by atoms with Crippen molar-refractivity contribution >= 4 is 22.8 Å². The molecule has 0 unspecified atom stereocenters. The number of carbonyl (C=O) groups excluding carboxylic acids is 2. The topological polar surface area (TPSA) is 67.2 Å². The maximum atomic E-state index is 13.8. The highest BCUT2D eigenvalue weighted by Crippen LogP contribution is 2.33. The van der Waals surface area contributed by atoms with Crippen LogP contribution in [0.3, 0.4) is 0 Å². The van der Waals surface area contributed by atoms with Gasteiger partial charge in [-0.1, -0.05) is 52.7 Å². The Morgan fingerprint density at radius 2 is 2.00 bits per heavy atom. The van der Waals surface area contributed by atoms with E-state index in [0.29, 0.717) is 36.7 Å². The summed E-state index contributed by atoms with van der Waals surface area (Å²) in [4.78, 5) is 33.8. The number of benzene rings is 1. The summed E-state index contributed by atoms with van der Waals surface area (Å²) in [5.74, 6) is 1.73. The average molecular weight is 425 g/mol. The van der Waals surface area contributed by atoms with E-state index >= 15 is 0 Å². The average Bonchev–Trinajstić information content (AvgIpc) is 3.09. The monoisotopic (exact) mass is 424 g/mol. The van der Waals surface area contributed by atoms with E-state index in [0.717, 1.165) is 30.3 Å². The molecule has 1 aliphatic carbocycles. The van der Waals surface area contributed by atoms with E-state index in [-0.39, 0.29) is 17.9 Å². The molecule has 2 amide bonds.